The number of rotatable bonds is 18. The van der Waals surface area contributed by atoms with E-state index in [2.05, 4.69) is 10.6 Å². The minimum atomic E-state index is -1.41. The normalized spacial score (nSPS) is 15.5. The molecule has 0 saturated heterocycles. The topological polar surface area (TPSA) is 183 Å². The second kappa shape index (κ2) is 22.6. The molecule has 1 saturated carbocycles. The molecule has 0 aromatic heterocycles. The highest BCUT2D eigenvalue weighted by Gasteiger charge is 2.47. The predicted molar refractivity (Wildman–Crippen MR) is 260 cm³/mol. The molecular formula is C55H68N4O9. The van der Waals surface area contributed by atoms with Crippen LogP contribution in [0.25, 0.3) is 11.1 Å². The third-order valence-electron chi connectivity index (χ3n) is 12.7. The Morgan fingerprint density at radius 2 is 1.32 bits per heavy atom. The van der Waals surface area contributed by atoms with Gasteiger partial charge in [-0.15, -0.1) is 0 Å². The third kappa shape index (κ3) is 13.4. The van der Waals surface area contributed by atoms with E-state index in [-0.39, 0.29) is 50.7 Å². The third-order valence-corrected chi connectivity index (χ3v) is 12.7. The molecule has 1 fully saturated rings. The van der Waals surface area contributed by atoms with E-state index in [9.17, 15) is 24.0 Å². The Hall–Kier alpha value is -6.34. The highest BCUT2D eigenvalue weighted by Crippen LogP contribution is 2.45. The van der Waals surface area contributed by atoms with Crippen molar-refractivity contribution in [2.45, 2.75) is 142 Å². The fraction of sp³-hybridized carbons (Fsp3) is 0.455. The fourth-order valence-corrected chi connectivity index (χ4v) is 9.07. The monoisotopic (exact) mass is 928 g/mol. The summed E-state index contributed by atoms with van der Waals surface area (Å²) in [7, 11) is 0. The van der Waals surface area contributed by atoms with Gasteiger partial charge in [0.15, 0.2) is 0 Å². The van der Waals surface area contributed by atoms with Crippen LogP contribution in [-0.4, -0.2) is 77.0 Å². The molecule has 13 heteroatoms. The van der Waals surface area contributed by atoms with Crippen molar-refractivity contribution in [3.8, 4) is 11.1 Å². The number of aryl methyl sites for hydroxylation is 1. The van der Waals surface area contributed by atoms with Gasteiger partial charge in [-0.1, -0.05) is 150 Å². The van der Waals surface area contributed by atoms with Crippen LogP contribution in [0, 0.1) is 18.3 Å². The van der Waals surface area contributed by atoms with E-state index in [1.807, 2.05) is 110 Å². The molecule has 4 aromatic rings. The van der Waals surface area contributed by atoms with Gasteiger partial charge in [0.1, 0.15) is 36.9 Å². The standard InChI is InChI=1S/C55H68N4O9/c1-35-19-11-14-24-38(35)32-45(57-49(61)44(56)29-30-47(60)66-33-37-22-9-8-10-23-37)50(62)58-48(54(2,3)4)51(63)59(46(31-36-20-12-13-21-36)52(64)68-55(5,6)7)53(65)67-34-43-41-27-17-15-25-39(41)40-26-16-18-28-42(40)43/h8-11,14-19,22-28,36,43-46,48H,12-13,20-21,29-34,56H2,1-7H3,(H,57,61)(H,58,62)/t44-,45-,46-,48+/m0/s1. The Bertz CT molecular complexity index is 2370. The van der Waals surface area contributed by atoms with Crippen LogP contribution in [0.4, 0.5) is 4.79 Å². The van der Waals surface area contributed by atoms with Gasteiger partial charge in [0, 0.05) is 18.8 Å². The number of ether oxygens (including phenoxy) is 3. The first-order valence-electron chi connectivity index (χ1n) is 23.8. The molecule has 2 aliphatic rings. The maximum Gasteiger partial charge on any atom is 0.417 e. The van der Waals surface area contributed by atoms with E-state index in [0.717, 1.165) is 69.5 Å². The fourth-order valence-electron chi connectivity index (χ4n) is 9.07. The summed E-state index contributed by atoms with van der Waals surface area (Å²) in [5.74, 6) is -3.87. The summed E-state index contributed by atoms with van der Waals surface area (Å²) >= 11 is 0. The number of benzene rings is 4. The molecule has 0 bridgehead atoms. The van der Waals surface area contributed by atoms with Crippen molar-refractivity contribution in [1.29, 1.82) is 0 Å². The summed E-state index contributed by atoms with van der Waals surface area (Å²) < 4.78 is 17.5. The van der Waals surface area contributed by atoms with Crippen molar-refractivity contribution in [3.05, 3.63) is 131 Å². The molecule has 2 aliphatic carbocycles. The van der Waals surface area contributed by atoms with Crippen molar-refractivity contribution >= 4 is 35.8 Å². The minimum absolute atomic E-state index is 0.0236. The zero-order valence-corrected chi connectivity index (χ0v) is 40.5. The Morgan fingerprint density at radius 1 is 0.735 bits per heavy atom. The van der Waals surface area contributed by atoms with E-state index in [1.54, 1.807) is 41.5 Å². The summed E-state index contributed by atoms with van der Waals surface area (Å²) in [6.07, 6.45) is 2.46. The van der Waals surface area contributed by atoms with E-state index >= 15 is 4.79 Å². The van der Waals surface area contributed by atoms with Gasteiger partial charge in [-0.05, 0) is 90.8 Å². The summed E-state index contributed by atoms with van der Waals surface area (Å²) in [5, 5.41) is 5.68. The van der Waals surface area contributed by atoms with Crippen LogP contribution in [0.2, 0.25) is 0 Å². The van der Waals surface area contributed by atoms with Crippen LogP contribution in [0.5, 0.6) is 0 Å². The zero-order valence-electron chi connectivity index (χ0n) is 40.5. The molecule has 4 amide bonds. The largest absolute Gasteiger partial charge is 0.461 e. The molecule has 68 heavy (non-hydrogen) atoms. The van der Waals surface area contributed by atoms with Gasteiger partial charge in [-0.3, -0.25) is 19.2 Å². The Labute approximate surface area is 400 Å². The molecule has 0 spiro atoms. The van der Waals surface area contributed by atoms with Crippen molar-refractivity contribution in [3.63, 3.8) is 0 Å². The van der Waals surface area contributed by atoms with Crippen molar-refractivity contribution in [2.75, 3.05) is 6.61 Å². The molecule has 4 aromatic carbocycles. The average Bonchev–Trinajstić information content (AvgIpc) is 3.94. The highest BCUT2D eigenvalue weighted by molar-refractivity contribution is 6.02. The molecule has 4 atom stereocenters. The van der Waals surface area contributed by atoms with E-state index < -0.39 is 70.9 Å². The number of nitrogens with one attached hydrogen (secondary N) is 2. The quantitative estimate of drug-likeness (QED) is 0.0646. The van der Waals surface area contributed by atoms with Crippen LogP contribution < -0.4 is 16.4 Å². The number of carbonyl (C=O) groups is 6. The number of hydrogen-bond donors (Lipinski definition) is 3. The van der Waals surface area contributed by atoms with Crippen molar-refractivity contribution < 1.29 is 43.0 Å². The first-order chi connectivity index (χ1) is 32.3. The number of carbonyl (C=O) groups excluding carboxylic acids is 6. The Kier molecular flexibility index (Phi) is 17.0. The van der Waals surface area contributed by atoms with Crippen LogP contribution in [-0.2, 0) is 51.2 Å². The zero-order chi connectivity index (χ0) is 49.2. The number of nitrogens with two attached hydrogens (primary N) is 1. The predicted octanol–water partition coefficient (Wildman–Crippen LogP) is 8.47. The van der Waals surface area contributed by atoms with Crippen LogP contribution >= 0.6 is 0 Å². The lowest BCUT2D eigenvalue weighted by atomic mass is 9.84. The Morgan fingerprint density at radius 3 is 1.93 bits per heavy atom. The van der Waals surface area contributed by atoms with Gasteiger partial charge >= 0.3 is 18.0 Å². The molecule has 0 aliphatic heterocycles. The minimum Gasteiger partial charge on any atom is -0.461 e. The summed E-state index contributed by atoms with van der Waals surface area (Å²) in [6, 6.07) is 27.2. The molecule has 0 heterocycles. The van der Waals surface area contributed by atoms with Gasteiger partial charge in [-0.2, -0.15) is 0 Å². The molecule has 362 valence electrons. The molecule has 13 nitrogen and oxygen atoms in total. The van der Waals surface area contributed by atoms with E-state index in [4.69, 9.17) is 19.9 Å². The SMILES string of the molecule is Cc1ccccc1C[C@H](NC(=O)[C@@H](N)CCC(=O)OCc1ccccc1)C(=O)N[C@H](C(=O)N(C(=O)OCC1c2ccccc2-c2ccccc21)[C@@H](CC1CCCC1)C(=O)OC(C)(C)C)C(C)(C)C. The number of amides is 4. The first kappa shape index (κ1) is 51.1. The van der Waals surface area contributed by atoms with Gasteiger partial charge in [0.05, 0.1) is 6.04 Å². The summed E-state index contributed by atoms with van der Waals surface area (Å²) in [4.78, 5) is 86.7. The van der Waals surface area contributed by atoms with Crippen molar-refractivity contribution in [1.82, 2.24) is 15.5 Å². The van der Waals surface area contributed by atoms with E-state index in [1.165, 1.54) is 0 Å². The van der Waals surface area contributed by atoms with Gasteiger partial charge < -0.3 is 30.6 Å². The lowest BCUT2D eigenvalue weighted by Gasteiger charge is -2.38. The number of esters is 2. The van der Waals surface area contributed by atoms with Crippen LogP contribution in [0.3, 0.4) is 0 Å². The second-order valence-electron chi connectivity index (χ2n) is 20.2. The maximum absolute atomic E-state index is 15.5. The highest BCUT2D eigenvalue weighted by atomic mass is 16.6. The lowest BCUT2D eigenvalue weighted by molar-refractivity contribution is -0.165. The molecule has 4 N–H and O–H groups in total. The number of nitrogens with zero attached hydrogens (tertiary/aromatic N) is 1. The van der Waals surface area contributed by atoms with Crippen LogP contribution in [0.1, 0.15) is 120 Å². The molecule has 0 radical (unpaired) electrons. The molecule has 6 rings (SSSR count). The number of fused-ring (bicyclic) bond motifs is 3. The van der Waals surface area contributed by atoms with Crippen molar-refractivity contribution in [2.24, 2.45) is 17.1 Å². The first-order valence-corrected chi connectivity index (χ1v) is 23.8. The summed E-state index contributed by atoms with van der Waals surface area (Å²) in [6.45, 7) is 12.2. The van der Waals surface area contributed by atoms with E-state index in [0.29, 0.717) is 0 Å². The van der Waals surface area contributed by atoms with Gasteiger partial charge in [0.25, 0.3) is 5.91 Å². The smallest absolute Gasteiger partial charge is 0.417 e. The Balaban J connectivity index is 1.28. The van der Waals surface area contributed by atoms with Gasteiger partial charge in [0.2, 0.25) is 11.8 Å². The maximum atomic E-state index is 15.5. The average molecular weight is 929 g/mol. The van der Waals surface area contributed by atoms with Crippen LogP contribution in [0.15, 0.2) is 103 Å². The van der Waals surface area contributed by atoms with Gasteiger partial charge in [-0.25, -0.2) is 14.5 Å². The number of hydrogen-bond acceptors (Lipinski definition) is 10. The number of imide groups is 1. The molecular weight excluding hydrogens is 861 g/mol. The lowest BCUT2D eigenvalue weighted by Crippen LogP contribution is -2.63. The summed E-state index contributed by atoms with van der Waals surface area (Å²) in [5.41, 5.74) is 10.7. The molecule has 0 unspecified atom stereocenters. The second-order valence-corrected chi connectivity index (χ2v) is 20.2.